The van der Waals surface area contributed by atoms with E-state index in [0.29, 0.717) is 6.07 Å². The lowest BCUT2D eigenvalue weighted by Gasteiger charge is -2.39. The molecule has 1 saturated heterocycles. The Kier molecular flexibility index (Phi) is 7.04. The zero-order valence-electron chi connectivity index (χ0n) is 19.2. The van der Waals surface area contributed by atoms with E-state index in [1.807, 2.05) is 0 Å². The maximum absolute atomic E-state index is 14.8. The van der Waals surface area contributed by atoms with E-state index in [1.165, 1.54) is 46.2 Å². The first-order valence-corrected chi connectivity index (χ1v) is 11.0. The molecule has 1 aliphatic heterocycles. The number of hydrogen-bond acceptors (Lipinski definition) is 5. The van der Waals surface area contributed by atoms with Crippen molar-refractivity contribution >= 4 is 11.7 Å². The van der Waals surface area contributed by atoms with Crippen LogP contribution < -0.4 is 9.64 Å². The summed E-state index contributed by atoms with van der Waals surface area (Å²) < 4.78 is 84.7. The van der Waals surface area contributed by atoms with Crippen LogP contribution in [0.1, 0.15) is 12.5 Å². The van der Waals surface area contributed by atoms with Crippen LogP contribution in [0, 0.1) is 11.6 Å². The number of carbonyl (C=O) groups excluding carboxylic acids is 1. The topological polar surface area (TPSA) is 83.7 Å². The van der Waals surface area contributed by atoms with Crippen molar-refractivity contribution in [3.8, 4) is 5.75 Å². The van der Waals surface area contributed by atoms with E-state index in [0.717, 1.165) is 24.3 Å². The molecule has 2 unspecified atom stereocenters. The molecule has 198 valence electrons. The third kappa shape index (κ3) is 5.19. The van der Waals surface area contributed by atoms with E-state index in [1.54, 1.807) is 0 Å². The van der Waals surface area contributed by atoms with E-state index >= 15 is 0 Å². The zero-order chi connectivity index (χ0) is 27.0. The highest BCUT2D eigenvalue weighted by Gasteiger charge is 2.47. The molecule has 0 saturated carbocycles. The Labute approximate surface area is 206 Å². The Morgan fingerprint density at radius 1 is 1.11 bits per heavy atom. The van der Waals surface area contributed by atoms with Crippen molar-refractivity contribution in [1.29, 1.82) is 0 Å². The van der Waals surface area contributed by atoms with Gasteiger partial charge in [-0.3, -0.25) is 4.90 Å². The summed E-state index contributed by atoms with van der Waals surface area (Å²) in [5.41, 5.74) is -2.07. The van der Waals surface area contributed by atoms with E-state index in [4.69, 9.17) is 0 Å². The summed E-state index contributed by atoms with van der Waals surface area (Å²) in [4.78, 5) is 19.6. The summed E-state index contributed by atoms with van der Waals surface area (Å²) in [5, 5.41) is 15.6. The van der Waals surface area contributed by atoms with Gasteiger partial charge in [0.15, 0.2) is 0 Å². The Hall–Kier alpha value is -3.81. The quantitative estimate of drug-likeness (QED) is 0.424. The van der Waals surface area contributed by atoms with Gasteiger partial charge in [0.25, 0.3) is 0 Å². The fourth-order valence-corrected chi connectivity index (χ4v) is 4.15. The molecule has 37 heavy (non-hydrogen) atoms. The van der Waals surface area contributed by atoms with E-state index in [2.05, 4.69) is 14.8 Å². The van der Waals surface area contributed by atoms with Gasteiger partial charge in [-0.25, -0.2) is 23.2 Å². The number of benzene rings is 2. The molecule has 2 atom stereocenters. The van der Waals surface area contributed by atoms with Gasteiger partial charge >= 0.3 is 18.6 Å². The standard InChI is InChI=1S/C23H21F6N5O3/c1-14(22(36,11-32-13-30-12-31-32)18-7-2-15(24)10-19(18)25)33-8-9-34(21(33)35)16-3-5-17(6-4-16)37-23(28,29)20(26)27/h2-7,10,12-14,20,36H,8-9,11H2,1H3. The first-order chi connectivity index (χ1) is 17.4. The molecule has 1 aromatic heterocycles. The van der Waals surface area contributed by atoms with Gasteiger partial charge in [-0.2, -0.15) is 22.7 Å². The third-order valence-electron chi connectivity index (χ3n) is 6.12. The SMILES string of the molecule is CC(N1CCN(c2ccc(OC(F)(F)C(F)F)cc2)C1=O)C(O)(Cn1cncn1)c1ccc(F)cc1F. The maximum atomic E-state index is 14.8. The zero-order valence-corrected chi connectivity index (χ0v) is 19.2. The van der Waals surface area contributed by atoms with Gasteiger partial charge in [0.2, 0.25) is 0 Å². The highest BCUT2D eigenvalue weighted by atomic mass is 19.3. The number of ether oxygens (including phenoxy) is 1. The smallest absolute Gasteiger partial charge is 0.428 e. The number of urea groups is 1. The van der Waals surface area contributed by atoms with Gasteiger partial charge in [0.05, 0.1) is 12.6 Å². The number of carbonyl (C=O) groups is 1. The summed E-state index contributed by atoms with van der Waals surface area (Å²) in [6.07, 6.45) is -6.20. The molecular weight excluding hydrogens is 508 g/mol. The molecule has 0 spiro atoms. The summed E-state index contributed by atoms with van der Waals surface area (Å²) in [5.74, 6) is -2.40. The minimum absolute atomic E-state index is 0.0875. The molecule has 4 rings (SSSR count). The molecular formula is C23H21F6N5O3. The molecule has 1 aliphatic rings. The minimum atomic E-state index is -4.68. The maximum Gasteiger partial charge on any atom is 0.461 e. The van der Waals surface area contributed by atoms with Crippen LogP contribution in [0.3, 0.4) is 0 Å². The second-order valence-electron chi connectivity index (χ2n) is 8.40. The minimum Gasteiger partial charge on any atom is -0.428 e. The number of rotatable bonds is 9. The lowest BCUT2D eigenvalue weighted by Crippen LogP contribution is -2.53. The van der Waals surface area contributed by atoms with E-state index < -0.39 is 47.6 Å². The van der Waals surface area contributed by atoms with Gasteiger partial charge in [0, 0.05) is 30.4 Å². The van der Waals surface area contributed by atoms with Crippen molar-refractivity contribution in [3.05, 3.63) is 72.3 Å². The van der Waals surface area contributed by atoms with Crippen LogP contribution in [0.25, 0.3) is 0 Å². The van der Waals surface area contributed by atoms with E-state index in [-0.39, 0.29) is 30.9 Å². The molecule has 3 aromatic rings. The molecule has 0 bridgehead atoms. The van der Waals surface area contributed by atoms with Gasteiger partial charge in [0.1, 0.15) is 35.6 Å². The van der Waals surface area contributed by atoms with Crippen LogP contribution in [-0.4, -0.2) is 62.5 Å². The molecule has 2 heterocycles. The Bertz CT molecular complexity index is 1240. The third-order valence-corrected chi connectivity index (χ3v) is 6.12. The summed E-state index contributed by atoms with van der Waals surface area (Å²) in [7, 11) is 0. The van der Waals surface area contributed by atoms with Crippen LogP contribution in [0.15, 0.2) is 55.1 Å². The van der Waals surface area contributed by atoms with Crippen molar-refractivity contribution in [2.75, 3.05) is 18.0 Å². The Morgan fingerprint density at radius 2 is 1.81 bits per heavy atom. The number of aromatic nitrogens is 3. The van der Waals surface area contributed by atoms with Crippen LogP contribution >= 0.6 is 0 Å². The second kappa shape index (κ2) is 9.92. The van der Waals surface area contributed by atoms with Gasteiger partial charge in [-0.1, -0.05) is 6.07 Å². The Morgan fingerprint density at radius 3 is 2.41 bits per heavy atom. The van der Waals surface area contributed by atoms with Gasteiger partial charge in [-0.15, -0.1) is 0 Å². The normalized spacial score (nSPS) is 16.8. The average molecular weight is 529 g/mol. The van der Waals surface area contributed by atoms with Crippen molar-refractivity contribution in [2.24, 2.45) is 0 Å². The number of aliphatic hydroxyl groups is 1. The number of alkyl halides is 4. The molecule has 0 radical (unpaired) electrons. The number of halogens is 6. The van der Waals surface area contributed by atoms with Crippen LogP contribution in [0.4, 0.5) is 36.8 Å². The lowest BCUT2D eigenvalue weighted by atomic mass is 9.85. The summed E-state index contributed by atoms with van der Waals surface area (Å²) in [6, 6.07) is 5.54. The van der Waals surface area contributed by atoms with Crippen molar-refractivity contribution in [2.45, 2.75) is 37.6 Å². The fourth-order valence-electron chi connectivity index (χ4n) is 4.15. The number of amides is 2. The van der Waals surface area contributed by atoms with Crippen LogP contribution in [0.5, 0.6) is 5.75 Å². The molecule has 1 N–H and O–H groups in total. The first-order valence-electron chi connectivity index (χ1n) is 11.0. The predicted octanol–water partition coefficient (Wildman–Crippen LogP) is 4.01. The van der Waals surface area contributed by atoms with Gasteiger partial charge in [-0.05, 0) is 37.3 Å². The van der Waals surface area contributed by atoms with Crippen LogP contribution in [0.2, 0.25) is 0 Å². The van der Waals surface area contributed by atoms with Crippen LogP contribution in [-0.2, 0) is 12.1 Å². The predicted molar refractivity (Wildman–Crippen MR) is 117 cm³/mol. The van der Waals surface area contributed by atoms with E-state index in [9.17, 15) is 36.2 Å². The summed E-state index contributed by atoms with van der Waals surface area (Å²) >= 11 is 0. The summed E-state index contributed by atoms with van der Waals surface area (Å²) in [6.45, 7) is 1.38. The highest BCUT2D eigenvalue weighted by molar-refractivity contribution is 5.94. The average Bonchev–Trinajstić information content (AvgIpc) is 3.48. The largest absolute Gasteiger partial charge is 0.461 e. The fraction of sp³-hybridized carbons (Fsp3) is 0.348. The van der Waals surface area contributed by atoms with Gasteiger partial charge < -0.3 is 14.7 Å². The molecule has 14 heteroatoms. The van der Waals surface area contributed by atoms with Crippen molar-refractivity contribution < 1.29 is 41.0 Å². The Balaban J connectivity index is 1.58. The number of hydrogen-bond donors (Lipinski definition) is 1. The highest BCUT2D eigenvalue weighted by Crippen LogP contribution is 2.35. The molecule has 1 fully saturated rings. The second-order valence-corrected chi connectivity index (χ2v) is 8.40. The molecule has 2 amide bonds. The number of anilines is 1. The van der Waals surface area contributed by atoms with Crippen molar-refractivity contribution in [3.63, 3.8) is 0 Å². The molecule has 2 aromatic carbocycles. The first kappa shape index (κ1) is 26.3. The monoisotopic (exact) mass is 529 g/mol. The molecule has 0 aliphatic carbocycles. The number of nitrogens with zero attached hydrogens (tertiary/aromatic N) is 5. The molecule has 8 nitrogen and oxygen atoms in total. The lowest BCUT2D eigenvalue weighted by molar-refractivity contribution is -0.253. The van der Waals surface area contributed by atoms with Crippen molar-refractivity contribution in [1.82, 2.24) is 19.7 Å².